The molecule has 2 atom stereocenters. The first kappa shape index (κ1) is 65.1. The van der Waals surface area contributed by atoms with Gasteiger partial charge >= 0.3 is 5.97 Å². The van der Waals surface area contributed by atoms with Gasteiger partial charge in [-0.05, 0) is 57.8 Å². The lowest BCUT2D eigenvalue weighted by molar-refractivity contribution is -0.143. The summed E-state index contributed by atoms with van der Waals surface area (Å²) in [5.41, 5.74) is 0. The molecule has 0 fully saturated rings. The van der Waals surface area contributed by atoms with E-state index in [9.17, 15) is 19.8 Å². The third kappa shape index (κ3) is 53.3. The van der Waals surface area contributed by atoms with Crippen molar-refractivity contribution in [2.45, 2.75) is 328 Å². The largest absolute Gasteiger partial charge is 0.466 e. The van der Waals surface area contributed by atoms with E-state index in [1.54, 1.807) is 6.08 Å². The molecule has 0 aliphatic carbocycles. The number of esters is 1. The van der Waals surface area contributed by atoms with Gasteiger partial charge in [0.05, 0.1) is 25.4 Å². The maximum atomic E-state index is 12.5. The summed E-state index contributed by atoms with van der Waals surface area (Å²) in [6.07, 6.45) is 70.2. The Labute approximate surface area is 417 Å². The topological polar surface area (TPSA) is 95.9 Å². The van der Waals surface area contributed by atoms with Crippen LogP contribution in [0.3, 0.4) is 0 Å². The maximum absolute atomic E-state index is 12.5. The molecule has 1 amide bonds. The molecule has 0 aliphatic rings. The number of amides is 1. The minimum Gasteiger partial charge on any atom is -0.466 e. The predicted molar refractivity (Wildman–Crippen MR) is 292 cm³/mol. The summed E-state index contributed by atoms with van der Waals surface area (Å²) in [5, 5.41) is 23.1. The first-order valence-electron chi connectivity index (χ1n) is 29.8. The highest BCUT2D eigenvalue weighted by Crippen LogP contribution is 2.17. The number of hydrogen-bond donors (Lipinski definition) is 3. The highest BCUT2D eigenvalue weighted by atomic mass is 16.5. The molecule has 3 N–H and O–H groups in total. The molecule has 6 heteroatoms. The third-order valence-corrected chi connectivity index (χ3v) is 13.7. The molecule has 67 heavy (non-hydrogen) atoms. The monoisotopic (exact) mass is 942 g/mol. The van der Waals surface area contributed by atoms with Crippen LogP contribution in [-0.2, 0) is 14.3 Å². The molecule has 0 rings (SSSR count). The molecule has 0 radical (unpaired) electrons. The molecule has 2 unspecified atom stereocenters. The lowest BCUT2D eigenvalue weighted by atomic mass is 10.0. The van der Waals surface area contributed by atoms with Crippen LogP contribution >= 0.6 is 0 Å². The normalized spacial score (nSPS) is 12.8. The molecule has 0 aromatic rings. The van der Waals surface area contributed by atoms with Crippen LogP contribution < -0.4 is 5.32 Å². The van der Waals surface area contributed by atoms with Crippen molar-refractivity contribution in [3.8, 4) is 0 Å². The number of hydrogen-bond acceptors (Lipinski definition) is 5. The summed E-state index contributed by atoms with van der Waals surface area (Å²) < 4.78 is 5.47. The van der Waals surface area contributed by atoms with Crippen molar-refractivity contribution in [3.63, 3.8) is 0 Å². The van der Waals surface area contributed by atoms with E-state index in [1.807, 2.05) is 6.08 Å². The van der Waals surface area contributed by atoms with E-state index in [0.29, 0.717) is 19.4 Å². The number of rotatable bonds is 55. The van der Waals surface area contributed by atoms with Crippen molar-refractivity contribution in [1.82, 2.24) is 5.32 Å². The van der Waals surface area contributed by atoms with Gasteiger partial charge in [-0.25, -0.2) is 0 Å². The van der Waals surface area contributed by atoms with Crippen molar-refractivity contribution in [3.05, 3.63) is 36.5 Å². The number of ether oxygens (including phenoxy) is 1. The van der Waals surface area contributed by atoms with Gasteiger partial charge in [0, 0.05) is 12.8 Å². The van der Waals surface area contributed by atoms with Crippen molar-refractivity contribution in [2.75, 3.05) is 13.2 Å². The van der Waals surface area contributed by atoms with Crippen LogP contribution in [0.15, 0.2) is 36.5 Å². The molecular formula is C61H115NO5. The van der Waals surface area contributed by atoms with Crippen molar-refractivity contribution in [1.29, 1.82) is 0 Å². The molecule has 0 spiro atoms. The Kier molecular flexibility index (Phi) is 55.0. The van der Waals surface area contributed by atoms with Crippen LogP contribution in [0.2, 0.25) is 0 Å². The standard InChI is InChI=1S/C61H115NO5/c1-3-5-7-9-11-13-15-17-19-23-26-29-33-37-41-45-49-53-59(64)58(57-63)62-60(65)54-50-46-42-38-34-30-27-24-21-20-22-25-28-32-36-40-44-48-52-56-67-61(66)55-51-47-43-39-35-31-18-16-14-12-10-8-6-4-2/h10,12,16,18,49,53,58-59,63-64H,3-9,11,13-15,17,19-48,50-52,54-57H2,1-2H3,(H,62,65)/b12-10-,18-16-,53-49+. The van der Waals surface area contributed by atoms with Crippen LogP contribution in [0.5, 0.6) is 0 Å². The van der Waals surface area contributed by atoms with Crippen LogP contribution in [0.4, 0.5) is 0 Å². The minimum atomic E-state index is -0.847. The number of allylic oxidation sites excluding steroid dienone is 5. The van der Waals surface area contributed by atoms with Gasteiger partial charge in [0.15, 0.2) is 0 Å². The Bertz CT molecular complexity index is 1090. The molecule has 0 heterocycles. The van der Waals surface area contributed by atoms with E-state index in [1.165, 1.54) is 238 Å². The SMILES string of the molecule is CCCC/C=C\C/C=C\CCCCCCCC(=O)OCCCCCCCCCCCCCCCCCCCCCC(=O)NC(CO)C(O)/C=C/CCCCCCCCCCCCCCCCC. The van der Waals surface area contributed by atoms with Crippen molar-refractivity contribution in [2.24, 2.45) is 0 Å². The summed E-state index contributed by atoms with van der Waals surface area (Å²) in [4.78, 5) is 24.5. The number of aliphatic hydroxyl groups is 2. The first-order valence-corrected chi connectivity index (χ1v) is 29.8. The molecule has 0 aromatic carbocycles. The zero-order chi connectivity index (χ0) is 48.6. The van der Waals surface area contributed by atoms with Crippen LogP contribution in [0, 0.1) is 0 Å². The lowest BCUT2D eigenvalue weighted by Crippen LogP contribution is -2.45. The number of nitrogens with one attached hydrogen (secondary N) is 1. The number of carbonyl (C=O) groups excluding carboxylic acids is 2. The minimum absolute atomic E-state index is 0.00637. The van der Waals surface area contributed by atoms with Crippen LogP contribution in [0.1, 0.15) is 316 Å². The summed E-state index contributed by atoms with van der Waals surface area (Å²) in [6.45, 7) is 4.86. The fourth-order valence-electron chi connectivity index (χ4n) is 9.06. The Morgan fingerprint density at radius 2 is 0.761 bits per heavy atom. The zero-order valence-electron chi connectivity index (χ0n) is 44.9. The van der Waals surface area contributed by atoms with E-state index in [4.69, 9.17) is 4.74 Å². The first-order chi connectivity index (χ1) is 33.0. The Balaban J connectivity index is 3.44. The Hall–Kier alpha value is -1.92. The summed E-state index contributed by atoms with van der Waals surface area (Å²) in [5.74, 6) is -0.0761. The summed E-state index contributed by atoms with van der Waals surface area (Å²) in [7, 11) is 0. The second-order valence-corrected chi connectivity index (χ2v) is 20.3. The third-order valence-electron chi connectivity index (χ3n) is 13.7. The lowest BCUT2D eigenvalue weighted by Gasteiger charge is -2.20. The van der Waals surface area contributed by atoms with Gasteiger partial charge in [-0.15, -0.1) is 0 Å². The Morgan fingerprint density at radius 3 is 1.18 bits per heavy atom. The number of carbonyl (C=O) groups is 2. The highest BCUT2D eigenvalue weighted by Gasteiger charge is 2.18. The number of unbranched alkanes of at least 4 members (excludes halogenated alkanes) is 40. The average Bonchev–Trinajstić information content (AvgIpc) is 3.33. The highest BCUT2D eigenvalue weighted by molar-refractivity contribution is 5.76. The molecule has 394 valence electrons. The van der Waals surface area contributed by atoms with Crippen LogP contribution in [0.25, 0.3) is 0 Å². The second kappa shape index (κ2) is 56.7. The molecule has 0 bridgehead atoms. The van der Waals surface area contributed by atoms with Crippen molar-refractivity contribution >= 4 is 11.9 Å². The fraction of sp³-hybridized carbons (Fsp3) is 0.869. The van der Waals surface area contributed by atoms with Gasteiger partial charge < -0.3 is 20.3 Å². The van der Waals surface area contributed by atoms with E-state index >= 15 is 0 Å². The Morgan fingerprint density at radius 1 is 0.418 bits per heavy atom. The summed E-state index contributed by atoms with van der Waals surface area (Å²) in [6, 6.07) is -0.631. The molecule has 0 saturated carbocycles. The van der Waals surface area contributed by atoms with Gasteiger partial charge in [0.2, 0.25) is 5.91 Å². The molecule has 0 aromatic heterocycles. The van der Waals surface area contributed by atoms with E-state index < -0.39 is 12.1 Å². The fourth-order valence-corrected chi connectivity index (χ4v) is 9.06. The van der Waals surface area contributed by atoms with Gasteiger partial charge in [-0.2, -0.15) is 0 Å². The second-order valence-electron chi connectivity index (χ2n) is 20.3. The average molecular weight is 943 g/mol. The molecular weight excluding hydrogens is 827 g/mol. The van der Waals surface area contributed by atoms with E-state index in [0.717, 1.165) is 51.4 Å². The van der Waals surface area contributed by atoms with Gasteiger partial charge in [0.1, 0.15) is 0 Å². The molecule has 6 nitrogen and oxygen atoms in total. The van der Waals surface area contributed by atoms with Crippen LogP contribution in [-0.4, -0.2) is 47.4 Å². The predicted octanol–water partition coefficient (Wildman–Crippen LogP) is 18.4. The molecule has 0 aliphatic heterocycles. The van der Waals surface area contributed by atoms with E-state index in [-0.39, 0.29) is 18.5 Å². The zero-order valence-corrected chi connectivity index (χ0v) is 44.9. The maximum Gasteiger partial charge on any atom is 0.305 e. The van der Waals surface area contributed by atoms with Gasteiger partial charge in [0.25, 0.3) is 0 Å². The summed E-state index contributed by atoms with van der Waals surface area (Å²) >= 11 is 0. The quantitative estimate of drug-likeness (QED) is 0.0321. The van der Waals surface area contributed by atoms with Gasteiger partial charge in [-0.1, -0.05) is 281 Å². The molecule has 0 saturated heterocycles. The number of aliphatic hydroxyl groups excluding tert-OH is 2. The van der Waals surface area contributed by atoms with Crippen molar-refractivity contribution < 1.29 is 24.5 Å². The van der Waals surface area contributed by atoms with Gasteiger partial charge in [-0.3, -0.25) is 9.59 Å². The van der Waals surface area contributed by atoms with E-state index in [2.05, 4.69) is 43.5 Å². The smallest absolute Gasteiger partial charge is 0.305 e.